The van der Waals surface area contributed by atoms with Crippen molar-refractivity contribution in [3.8, 4) is 0 Å². The Morgan fingerprint density at radius 3 is 2.62 bits per heavy atom. The van der Waals surface area contributed by atoms with E-state index in [9.17, 15) is 9.59 Å². The van der Waals surface area contributed by atoms with E-state index >= 15 is 0 Å². The Morgan fingerprint density at radius 2 is 1.86 bits per heavy atom. The molecule has 0 unspecified atom stereocenters. The van der Waals surface area contributed by atoms with Gasteiger partial charge in [-0.3, -0.25) is 35.3 Å². The zero-order valence-corrected chi connectivity index (χ0v) is 28.3. The van der Waals surface area contributed by atoms with Crippen molar-refractivity contribution in [2.24, 2.45) is 10.4 Å². The number of amidine groups is 1. The van der Waals surface area contributed by atoms with Crippen LogP contribution in [0.2, 0.25) is 0 Å². The minimum atomic E-state index is -0.559. The van der Waals surface area contributed by atoms with Gasteiger partial charge in [0.15, 0.2) is 5.84 Å². The number of likely N-dealkylation sites (tertiary alicyclic amines) is 1. The molecule has 5 heterocycles. The van der Waals surface area contributed by atoms with Gasteiger partial charge in [-0.25, -0.2) is 9.98 Å². The Morgan fingerprint density at radius 1 is 1.08 bits per heavy atom. The predicted octanol–water partition coefficient (Wildman–Crippen LogP) is 3.58. The van der Waals surface area contributed by atoms with Crippen LogP contribution in [-0.2, 0) is 9.59 Å². The number of pyridine rings is 1. The van der Waals surface area contributed by atoms with Gasteiger partial charge < -0.3 is 16.0 Å². The number of fused-ring (bicyclic) bond motifs is 1. The molecule has 2 aromatic carbocycles. The summed E-state index contributed by atoms with van der Waals surface area (Å²) in [5.74, 6) is 0.762. The van der Waals surface area contributed by atoms with E-state index in [0.29, 0.717) is 68.3 Å². The normalized spacial score (nSPS) is 19.6. The average Bonchev–Trinajstić information content (AvgIpc) is 3.83. The minimum Gasteiger partial charge on any atom is -0.397 e. The summed E-state index contributed by atoms with van der Waals surface area (Å²) in [6.07, 6.45) is 5.72. The molecule has 0 aliphatic carbocycles. The molecule has 3 aliphatic rings. The summed E-state index contributed by atoms with van der Waals surface area (Å²) >= 11 is 0. The maximum atomic E-state index is 14.0. The van der Waals surface area contributed by atoms with Crippen molar-refractivity contribution in [2.75, 3.05) is 56.9 Å². The second kappa shape index (κ2) is 13.3. The van der Waals surface area contributed by atoms with Gasteiger partial charge in [-0.2, -0.15) is 5.10 Å². The fourth-order valence-electron chi connectivity index (χ4n) is 7.25. The summed E-state index contributed by atoms with van der Waals surface area (Å²) in [5, 5.41) is 28.0. The van der Waals surface area contributed by atoms with Gasteiger partial charge in [-0.1, -0.05) is 36.4 Å². The maximum Gasteiger partial charge on any atom is 0.237 e. The first-order chi connectivity index (χ1) is 24.2. The molecule has 256 valence electrons. The molecule has 1 atom stereocenters. The highest BCUT2D eigenvalue weighted by molar-refractivity contribution is 6.14. The lowest BCUT2D eigenvalue weighted by Crippen LogP contribution is -2.43. The molecule has 13 nitrogen and oxygen atoms in total. The number of aliphatic imine (C=N–C) groups is 1. The molecule has 6 N–H and O–H groups in total. The number of carbonyl (C=O) groups is 2. The van der Waals surface area contributed by atoms with E-state index in [4.69, 9.17) is 21.5 Å². The highest BCUT2D eigenvalue weighted by Gasteiger charge is 2.51. The van der Waals surface area contributed by atoms with E-state index in [0.717, 1.165) is 34.1 Å². The van der Waals surface area contributed by atoms with E-state index in [1.54, 1.807) is 24.1 Å². The molecule has 13 heteroatoms. The van der Waals surface area contributed by atoms with Crippen molar-refractivity contribution in [1.29, 1.82) is 10.8 Å². The highest BCUT2D eigenvalue weighted by Crippen LogP contribution is 2.42. The summed E-state index contributed by atoms with van der Waals surface area (Å²) in [7, 11) is 1.74. The molecular formula is C37H41N11O2. The Bertz CT molecular complexity index is 2070. The topological polar surface area (TPSA) is 184 Å². The quantitative estimate of drug-likeness (QED) is 0.140. The number of aromatic amines is 1. The molecule has 0 bridgehead atoms. The van der Waals surface area contributed by atoms with Crippen LogP contribution < -0.4 is 16.0 Å². The average molecular weight is 672 g/mol. The predicted molar refractivity (Wildman–Crippen MR) is 196 cm³/mol. The lowest BCUT2D eigenvalue weighted by Gasteiger charge is -2.29. The Hall–Kier alpha value is -5.69. The Kier molecular flexibility index (Phi) is 8.74. The smallest absolute Gasteiger partial charge is 0.237 e. The Balaban J connectivity index is 0.966. The molecule has 2 amide bonds. The van der Waals surface area contributed by atoms with E-state index in [1.165, 1.54) is 11.9 Å². The number of nitrogens with one attached hydrogen (secondary N) is 4. The van der Waals surface area contributed by atoms with Crippen LogP contribution in [0.4, 0.5) is 11.5 Å². The largest absolute Gasteiger partial charge is 0.397 e. The number of aryl methyl sites for hydroxylation is 1. The molecule has 50 heavy (non-hydrogen) atoms. The third-order valence-corrected chi connectivity index (χ3v) is 10.2. The van der Waals surface area contributed by atoms with E-state index in [-0.39, 0.29) is 29.9 Å². The van der Waals surface area contributed by atoms with Crippen LogP contribution in [0.5, 0.6) is 0 Å². The number of aromatic nitrogens is 3. The van der Waals surface area contributed by atoms with E-state index in [1.807, 2.05) is 54.3 Å². The van der Waals surface area contributed by atoms with Gasteiger partial charge in [-0.15, -0.1) is 0 Å². The van der Waals surface area contributed by atoms with Crippen molar-refractivity contribution in [3.05, 3.63) is 88.8 Å². The number of H-pyrrole nitrogens is 1. The van der Waals surface area contributed by atoms with Crippen LogP contribution in [0.25, 0.3) is 16.5 Å². The van der Waals surface area contributed by atoms with Gasteiger partial charge in [0.1, 0.15) is 11.5 Å². The Labute approximate surface area is 290 Å². The molecule has 2 saturated heterocycles. The number of nitrogens with zero attached hydrogens (tertiary/aromatic N) is 6. The van der Waals surface area contributed by atoms with Crippen LogP contribution in [0, 0.1) is 23.2 Å². The number of nitrogen functional groups attached to an aromatic ring is 1. The number of benzene rings is 2. The lowest BCUT2D eigenvalue weighted by atomic mass is 9.85. The highest BCUT2D eigenvalue weighted by atomic mass is 16.2. The number of carbonyl (C=O) groups excluding carboxylic acids is 2. The first-order valence-corrected chi connectivity index (χ1v) is 16.9. The van der Waals surface area contributed by atoms with Crippen LogP contribution in [0.1, 0.15) is 47.3 Å². The number of hydrogen-bond acceptors (Lipinski definition) is 8. The second-order valence-corrected chi connectivity index (χ2v) is 13.3. The zero-order valence-electron chi connectivity index (χ0n) is 28.3. The summed E-state index contributed by atoms with van der Waals surface area (Å²) < 4.78 is 0. The van der Waals surface area contributed by atoms with Crippen LogP contribution in [0.15, 0.2) is 65.7 Å². The molecule has 1 spiro atoms. The minimum absolute atomic E-state index is 0.0122. The standard InChI is InChI=1S/C37H41N11O2/c1-23-28-19-27(7-9-30(28)45-44-23)33(39)34-29(38)8-10-31(43-34)48-18-14-37(36(48)50)13-17-46(21-37)20-32(49)47-15-11-25(12-16-47)24-3-5-26(6-4-24)35(40)42-22-41-2/h3-11,19,22,39H,12-18,20-21,38H2,1-2H3,(H,44,45)(H2,40,41,42)/t37-/m0/s1. The summed E-state index contributed by atoms with van der Waals surface area (Å²) in [4.78, 5) is 41.8. The van der Waals surface area contributed by atoms with Crippen molar-refractivity contribution < 1.29 is 9.59 Å². The molecule has 0 saturated carbocycles. The third kappa shape index (κ3) is 6.15. The molecule has 2 fully saturated rings. The number of nitrogens with two attached hydrogens (primary N) is 1. The molecule has 0 radical (unpaired) electrons. The second-order valence-electron chi connectivity index (χ2n) is 13.3. The maximum absolute atomic E-state index is 14.0. The van der Waals surface area contributed by atoms with Gasteiger partial charge in [-0.05, 0) is 68.1 Å². The zero-order chi connectivity index (χ0) is 35.0. The van der Waals surface area contributed by atoms with Crippen molar-refractivity contribution in [3.63, 3.8) is 0 Å². The summed E-state index contributed by atoms with van der Waals surface area (Å²) in [6.45, 7) is 5.11. The van der Waals surface area contributed by atoms with Crippen LogP contribution in [0.3, 0.4) is 0 Å². The van der Waals surface area contributed by atoms with Crippen molar-refractivity contribution >= 4 is 57.7 Å². The number of hydrogen-bond donors (Lipinski definition) is 5. The van der Waals surface area contributed by atoms with Gasteiger partial charge in [0.25, 0.3) is 0 Å². The molecule has 7 rings (SSSR count). The number of anilines is 2. The molecular weight excluding hydrogens is 630 g/mol. The summed E-state index contributed by atoms with van der Waals surface area (Å²) in [6, 6.07) is 16.9. The molecule has 3 aliphatic heterocycles. The van der Waals surface area contributed by atoms with Crippen LogP contribution in [-0.4, -0.2) is 101 Å². The van der Waals surface area contributed by atoms with Gasteiger partial charge in [0.2, 0.25) is 11.8 Å². The fraction of sp³-hybridized carbons (Fsp3) is 0.324. The third-order valence-electron chi connectivity index (χ3n) is 10.2. The van der Waals surface area contributed by atoms with Gasteiger partial charge >= 0.3 is 0 Å². The van der Waals surface area contributed by atoms with E-state index < -0.39 is 5.41 Å². The fourth-order valence-corrected chi connectivity index (χ4v) is 7.25. The first kappa shape index (κ1) is 32.8. The summed E-state index contributed by atoms with van der Waals surface area (Å²) in [5.41, 5.74) is 12.1. The first-order valence-electron chi connectivity index (χ1n) is 16.9. The monoisotopic (exact) mass is 671 g/mol. The van der Waals surface area contributed by atoms with Crippen LogP contribution >= 0.6 is 0 Å². The number of rotatable bonds is 8. The van der Waals surface area contributed by atoms with E-state index in [2.05, 4.69) is 31.5 Å². The molecule has 4 aromatic rings. The SMILES string of the molecule is CN/C=N\C(=N)c1ccc(C2=CCN(C(=O)CN3CC[C@]4(CCN(c5ccc(N)c(C(=N)c6ccc7[nH]nc(C)c7c6)n5)C4=O)C3)CC2)cc1. The van der Waals surface area contributed by atoms with Gasteiger partial charge in [0, 0.05) is 49.7 Å². The number of amides is 2. The molecule has 2 aromatic heterocycles. The van der Waals surface area contributed by atoms with Gasteiger partial charge in [0.05, 0.1) is 40.9 Å². The van der Waals surface area contributed by atoms with Crippen molar-refractivity contribution in [1.82, 2.24) is 30.3 Å². The lowest BCUT2D eigenvalue weighted by molar-refractivity contribution is -0.132. The van der Waals surface area contributed by atoms with Crippen molar-refractivity contribution in [2.45, 2.75) is 26.2 Å².